The summed E-state index contributed by atoms with van der Waals surface area (Å²) in [7, 11) is 0. The lowest BCUT2D eigenvalue weighted by atomic mass is 9.91. The van der Waals surface area contributed by atoms with E-state index in [1.54, 1.807) is 6.92 Å². The zero-order chi connectivity index (χ0) is 9.56. The van der Waals surface area contributed by atoms with Crippen molar-refractivity contribution in [3.63, 3.8) is 0 Å². The van der Waals surface area contributed by atoms with E-state index in [1.807, 2.05) is 4.08 Å². The summed E-state index contributed by atoms with van der Waals surface area (Å²) in [5.41, 5.74) is 0. The van der Waals surface area contributed by atoms with E-state index in [-0.39, 0.29) is 0 Å². The smallest absolute Gasteiger partial charge is 0.129 e. The molecule has 1 atom stereocenters. The minimum atomic E-state index is 0.294. The highest BCUT2D eigenvalue weighted by Crippen LogP contribution is 2.19. The summed E-state index contributed by atoms with van der Waals surface area (Å²) >= 11 is 2.23. The normalized spacial score (nSPS) is 14.1. The predicted molar refractivity (Wildman–Crippen MR) is 61.4 cm³/mol. The van der Waals surface area contributed by atoms with Crippen LogP contribution in [-0.2, 0) is 4.79 Å². The molecule has 0 unspecified atom stereocenters. The molecule has 0 saturated heterocycles. The average Bonchev–Trinajstić information content (AvgIpc) is 1.96. The molecule has 0 aliphatic rings. The summed E-state index contributed by atoms with van der Waals surface area (Å²) in [6.45, 7) is 6.05. The van der Waals surface area contributed by atoms with Crippen LogP contribution in [0.3, 0.4) is 0 Å². The largest absolute Gasteiger partial charge is 0.300 e. The van der Waals surface area contributed by atoms with Crippen molar-refractivity contribution in [2.75, 3.05) is 0 Å². The van der Waals surface area contributed by atoms with Gasteiger partial charge < -0.3 is 4.79 Å². The Bertz CT molecular complexity index is 161. The maximum atomic E-state index is 10.7. The van der Waals surface area contributed by atoms with Gasteiger partial charge in [0.15, 0.2) is 0 Å². The molecule has 0 bridgehead atoms. The van der Waals surface area contributed by atoms with Crippen LogP contribution in [0.2, 0.25) is 0 Å². The third kappa shape index (κ3) is 5.75. The highest BCUT2D eigenvalue weighted by atomic mass is 127. The van der Waals surface area contributed by atoms with Crippen molar-refractivity contribution in [2.24, 2.45) is 11.8 Å². The summed E-state index contributed by atoms with van der Waals surface area (Å²) in [5, 5.41) is 0. The van der Waals surface area contributed by atoms with Crippen LogP contribution >= 0.6 is 22.6 Å². The molecule has 0 N–H and O–H groups in total. The Balaban J connectivity index is 3.87. The molecule has 0 fully saturated rings. The minimum Gasteiger partial charge on any atom is -0.300 e. The molecule has 0 amide bonds. The quantitative estimate of drug-likeness (QED) is 0.703. The van der Waals surface area contributed by atoms with Gasteiger partial charge >= 0.3 is 0 Å². The van der Waals surface area contributed by atoms with Crippen molar-refractivity contribution >= 4 is 28.4 Å². The number of hydrogen-bond acceptors (Lipinski definition) is 1. The fourth-order valence-electron chi connectivity index (χ4n) is 1.12. The van der Waals surface area contributed by atoms with Gasteiger partial charge in [-0.3, -0.25) is 0 Å². The molecule has 0 aromatic carbocycles. The van der Waals surface area contributed by atoms with Crippen LogP contribution < -0.4 is 0 Å². The standard InChI is InChI=1S/C10H17IO/c1-8(2)10(6-7-11)5-4-9(3)12/h6-8,10H,4-5H2,1-3H3/b7-6-/t10-/m0/s1. The summed E-state index contributed by atoms with van der Waals surface area (Å²) in [6, 6.07) is 0. The first-order valence-electron chi connectivity index (χ1n) is 4.34. The van der Waals surface area contributed by atoms with Gasteiger partial charge in [-0.25, -0.2) is 0 Å². The molecule has 0 heterocycles. The van der Waals surface area contributed by atoms with Crippen LogP contribution in [0.15, 0.2) is 10.2 Å². The highest BCUT2D eigenvalue weighted by molar-refractivity contribution is 14.1. The average molecular weight is 280 g/mol. The van der Waals surface area contributed by atoms with Crippen LogP contribution in [-0.4, -0.2) is 5.78 Å². The van der Waals surface area contributed by atoms with Crippen molar-refractivity contribution < 1.29 is 4.79 Å². The van der Waals surface area contributed by atoms with Crippen molar-refractivity contribution in [3.05, 3.63) is 10.2 Å². The number of ketones is 1. The van der Waals surface area contributed by atoms with E-state index in [1.165, 1.54) is 0 Å². The Labute approximate surface area is 88.8 Å². The van der Waals surface area contributed by atoms with Gasteiger partial charge in [0.1, 0.15) is 5.78 Å². The summed E-state index contributed by atoms with van der Waals surface area (Å²) in [5.74, 6) is 1.49. The van der Waals surface area contributed by atoms with E-state index in [0.717, 1.165) is 6.42 Å². The molecule has 0 aromatic rings. The van der Waals surface area contributed by atoms with Crippen LogP contribution in [0.5, 0.6) is 0 Å². The van der Waals surface area contributed by atoms with E-state index >= 15 is 0 Å². The van der Waals surface area contributed by atoms with Gasteiger partial charge in [0.05, 0.1) is 0 Å². The number of allylic oxidation sites excluding steroid dienone is 1. The van der Waals surface area contributed by atoms with Gasteiger partial charge in [0.25, 0.3) is 0 Å². The Kier molecular flexibility index (Phi) is 6.71. The molecule has 0 radical (unpaired) electrons. The second kappa shape index (κ2) is 6.63. The minimum absolute atomic E-state index is 0.294. The maximum Gasteiger partial charge on any atom is 0.129 e. The molecule has 0 aliphatic heterocycles. The topological polar surface area (TPSA) is 17.1 Å². The van der Waals surface area contributed by atoms with Gasteiger partial charge in [-0.15, -0.1) is 0 Å². The van der Waals surface area contributed by atoms with E-state index in [9.17, 15) is 4.79 Å². The Morgan fingerprint density at radius 1 is 1.50 bits per heavy atom. The first-order chi connectivity index (χ1) is 5.57. The second-order valence-corrected chi connectivity index (χ2v) is 4.19. The first-order valence-corrected chi connectivity index (χ1v) is 5.58. The molecule has 70 valence electrons. The van der Waals surface area contributed by atoms with Crippen molar-refractivity contribution in [2.45, 2.75) is 33.6 Å². The van der Waals surface area contributed by atoms with Crippen molar-refractivity contribution in [3.8, 4) is 0 Å². The third-order valence-corrected chi connectivity index (χ3v) is 2.42. The van der Waals surface area contributed by atoms with Crippen LogP contribution in [0.1, 0.15) is 33.6 Å². The van der Waals surface area contributed by atoms with Crippen LogP contribution in [0.4, 0.5) is 0 Å². The lowest BCUT2D eigenvalue weighted by molar-refractivity contribution is -0.117. The maximum absolute atomic E-state index is 10.7. The van der Waals surface area contributed by atoms with E-state index < -0.39 is 0 Å². The molecular formula is C10H17IO. The summed E-state index contributed by atoms with van der Waals surface area (Å²) in [6.07, 6.45) is 3.89. The van der Waals surface area contributed by atoms with E-state index in [0.29, 0.717) is 24.0 Å². The third-order valence-electron chi connectivity index (χ3n) is 2.01. The zero-order valence-corrected chi connectivity index (χ0v) is 10.2. The highest BCUT2D eigenvalue weighted by Gasteiger charge is 2.09. The first kappa shape index (κ1) is 12.1. The van der Waals surface area contributed by atoms with Gasteiger partial charge in [-0.05, 0) is 29.3 Å². The predicted octanol–water partition coefficient (Wildman–Crippen LogP) is 3.58. The van der Waals surface area contributed by atoms with Crippen LogP contribution in [0.25, 0.3) is 0 Å². The van der Waals surface area contributed by atoms with Gasteiger partial charge in [-0.1, -0.05) is 42.5 Å². The molecule has 0 rings (SSSR count). The summed E-state index contributed by atoms with van der Waals surface area (Å²) in [4.78, 5) is 10.7. The fourth-order valence-corrected chi connectivity index (χ4v) is 1.65. The number of halogens is 1. The molecule has 0 aliphatic carbocycles. The SMILES string of the molecule is CC(=O)CC[C@@H](/C=C\I)C(C)C. The number of carbonyl (C=O) groups is 1. The Morgan fingerprint density at radius 3 is 2.42 bits per heavy atom. The number of hydrogen-bond donors (Lipinski definition) is 0. The zero-order valence-electron chi connectivity index (χ0n) is 8.01. The van der Waals surface area contributed by atoms with Gasteiger partial charge in [-0.2, -0.15) is 0 Å². The molecule has 1 nitrogen and oxygen atoms in total. The van der Waals surface area contributed by atoms with E-state index in [2.05, 4.69) is 42.5 Å². The van der Waals surface area contributed by atoms with Crippen LogP contribution in [0, 0.1) is 11.8 Å². The molecular weight excluding hydrogens is 263 g/mol. The van der Waals surface area contributed by atoms with Gasteiger partial charge in [0.2, 0.25) is 0 Å². The number of carbonyl (C=O) groups excluding carboxylic acids is 1. The molecule has 0 saturated carbocycles. The van der Waals surface area contributed by atoms with Crippen molar-refractivity contribution in [1.29, 1.82) is 0 Å². The molecule has 0 spiro atoms. The van der Waals surface area contributed by atoms with E-state index in [4.69, 9.17) is 0 Å². The molecule has 0 aromatic heterocycles. The summed E-state index contributed by atoms with van der Waals surface area (Å²) < 4.78 is 2.04. The number of rotatable bonds is 5. The molecule has 12 heavy (non-hydrogen) atoms. The Hall–Kier alpha value is 0.140. The monoisotopic (exact) mass is 280 g/mol. The lowest BCUT2D eigenvalue weighted by Crippen LogP contribution is -2.07. The lowest BCUT2D eigenvalue weighted by Gasteiger charge is -2.15. The second-order valence-electron chi connectivity index (χ2n) is 3.47. The number of Topliss-reactive ketones (excluding diaryl/α,β-unsaturated/α-hetero) is 1. The molecule has 2 heteroatoms. The van der Waals surface area contributed by atoms with Crippen molar-refractivity contribution in [1.82, 2.24) is 0 Å². The Morgan fingerprint density at radius 2 is 2.08 bits per heavy atom. The van der Waals surface area contributed by atoms with Gasteiger partial charge in [0, 0.05) is 6.42 Å². The fraction of sp³-hybridized carbons (Fsp3) is 0.700.